The van der Waals surface area contributed by atoms with Crippen molar-refractivity contribution in [1.29, 1.82) is 0 Å². The third kappa shape index (κ3) is 6.00. The van der Waals surface area contributed by atoms with Crippen LogP contribution in [-0.2, 0) is 14.8 Å². The number of rotatable bonds is 5. The van der Waals surface area contributed by atoms with Gasteiger partial charge in [-0.1, -0.05) is 6.92 Å². The summed E-state index contributed by atoms with van der Waals surface area (Å²) in [4.78, 5) is 27.1. The highest BCUT2D eigenvalue weighted by atomic mass is 32.2. The zero-order valence-corrected chi connectivity index (χ0v) is 24.1. The molecule has 4 aliphatic heterocycles. The number of fused-ring (bicyclic) bond motifs is 1. The summed E-state index contributed by atoms with van der Waals surface area (Å²) < 4.78 is 28.6. The first-order valence-electron chi connectivity index (χ1n) is 15.0. The molecule has 5 aliphatic rings. The first-order valence-corrected chi connectivity index (χ1v) is 16.5. The summed E-state index contributed by atoms with van der Waals surface area (Å²) in [6.07, 6.45) is 8.83. The first-order chi connectivity index (χ1) is 18.3. The van der Waals surface area contributed by atoms with E-state index in [9.17, 15) is 18.0 Å². The number of likely N-dealkylation sites (tertiary alicyclic amines) is 1. The zero-order chi connectivity index (χ0) is 26.9. The highest BCUT2D eigenvalue weighted by molar-refractivity contribution is 7.89. The number of carbonyl (C=O) groups is 2. The maximum atomic E-state index is 13.4. The highest BCUT2D eigenvalue weighted by Crippen LogP contribution is 2.39. The summed E-state index contributed by atoms with van der Waals surface area (Å²) in [6.45, 7) is 7.02. The van der Waals surface area contributed by atoms with Crippen LogP contribution in [0.2, 0.25) is 0 Å². The first kappa shape index (κ1) is 28.1. The van der Waals surface area contributed by atoms with Crippen LogP contribution in [0.5, 0.6) is 0 Å². The molecule has 3 amide bonds. The van der Waals surface area contributed by atoms with Crippen LogP contribution in [0.1, 0.15) is 71.1 Å². The number of sulfonamides is 1. The fourth-order valence-electron chi connectivity index (χ4n) is 7.67. The monoisotopic (exact) mass is 552 g/mol. The molecule has 3 N–H and O–H groups in total. The minimum atomic E-state index is -3.31. The molecule has 0 aromatic heterocycles. The molecule has 1 saturated carbocycles. The van der Waals surface area contributed by atoms with Crippen LogP contribution in [0.25, 0.3) is 0 Å². The number of carbonyl (C=O) groups excluding carboxylic acids is 2. The van der Waals surface area contributed by atoms with Crippen LogP contribution >= 0.6 is 0 Å². The molecule has 11 heteroatoms. The predicted molar refractivity (Wildman–Crippen MR) is 147 cm³/mol. The predicted octanol–water partition coefficient (Wildman–Crippen LogP) is 1.74. The summed E-state index contributed by atoms with van der Waals surface area (Å²) in [5.41, 5.74) is 3.51. The van der Waals surface area contributed by atoms with Crippen LogP contribution in [0.3, 0.4) is 0 Å². The molecule has 4 heterocycles. The molecule has 5 rings (SSSR count). The van der Waals surface area contributed by atoms with E-state index in [1.807, 2.05) is 0 Å². The summed E-state index contributed by atoms with van der Waals surface area (Å²) in [5, 5.41) is 7.48. The van der Waals surface area contributed by atoms with Crippen molar-refractivity contribution < 1.29 is 18.0 Å². The number of hydrazine groups is 1. The maximum absolute atomic E-state index is 13.4. The molecular formula is C27H48N6O4S. The van der Waals surface area contributed by atoms with Crippen LogP contribution in [0, 0.1) is 23.7 Å². The molecule has 0 bridgehead atoms. The number of hydrogen-bond acceptors (Lipinski definition) is 6. The van der Waals surface area contributed by atoms with Crippen molar-refractivity contribution in [1.82, 2.24) is 30.3 Å². The van der Waals surface area contributed by atoms with Gasteiger partial charge in [0.2, 0.25) is 15.9 Å². The average molecular weight is 553 g/mol. The van der Waals surface area contributed by atoms with Crippen molar-refractivity contribution in [3.05, 3.63) is 0 Å². The van der Waals surface area contributed by atoms with Crippen molar-refractivity contribution in [3.63, 3.8) is 0 Å². The Morgan fingerprint density at radius 1 is 0.842 bits per heavy atom. The van der Waals surface area contributed by atoms with Crippen molar-refractivity contribution in [2.24, 2.45) is 23.7 Å². The summed E-state index contributed by atoms with van der Waals surface area (Å²) >= 11 is 0. The maximum Gasteiger partial charge on any atom is 0.314 e. The van der Waals surface area contributed by atoms with Gasteiger partial charge in [0.1, 0.15) is 0 Å². The summed E-state index contributed by atoms with van der Waals surface area (Å²) in [6, 6.07) is 0.118. The summed E-state index contributed by atoms with van der Waals surface area (Å²) in [5.74, 6) is 2.18. The second-order valence-corrected chi connectivity index (χ2v) is 14.7. The molecule has 1 aliphatic carbocycles. The lowest BCUT2D eigenvalue weighted by atomic mass is 9.75. The minimum Gasteiger partial charge on any atom is -0.342 e. The van der Waals surface area contributed by atoms with Crippen molar-refractivity contribution >= 4 is 22.0 Å². The lowest BCUT2D eigenvalue weighted by Crippen LogP contribution is -2.51. The number of nitrogens with zero attached hydrogens (tertiary/aromatic N) is 3. The molecule has 0 aromatic rings. The lowest BCUT2D eigenvalue weighted by Gasteiger charge is -2.43. The molecular weight excluding hydrogens is 504 g/mol. The third-order valence-corrected chi connectivity index (χ3v) is 12.7. The van der Waals surface area contributed by atoms with E-state index in [-0.39, 0.29) is 29.3 Å². The van der Waals surface area contributed by atoms with E-state index in [0.717, 1.165) is 64.7 Å². The van der Waals surface area contributed by atoms with E-state index in [4.69, 9.17) is 0 Å². The molecule has 5 fully saturated rings. The molecule has 3 atom stereocenters. The van der Waals surface area contributed by atoms with Crippen molar-refractivity contribution in [3.8, 4) is 0 Å². The lowest BCUT2D eigenvalue weighted by molar-refractivity contribution is -0.137. The Labute approximate surface area is 228 Å². The van der Waals surface area contributed by atoms with E-state index in [0.29, 0.717) is 62.4 Å². The Balaban J connectivity index is 1.11. The van der Waals surface area contributed by atoms with Gasteiger partial charge in [-0.15, -0.1) is 0 Å². The second kappa shape index (κ2) is 12.0. The Hall–Kier alpha value is -1.43. The van der Waals surface area contributed by atoms with Gasteiger partial charge in [0.15, 0.2) is 0 Å². The van der Waals surface area contributed by atoms with Gasteiger partial charge < -0.3 is 15.5 Å². The van der Waals surface area contributed by atoms with Gasteiger partial charge in [0, 0.05) is 58.4 Å². The standard InChI is InChI=1S/C27H48N6O4S/c1-19-7-12-31(13-8-19)26(34)24-18-29-33-16-11-21(17-25(24)33)20-9-14-32(15-10-20)38(36,37)23-5-3-22(4-6-23)30-27(35)28-2/h19-25,29H,3-18H2,1-2H3,(H2,28,30,35). The topological polar surface area (TPSA) is 114 Å². The fourth-order valence-corrected chi connectivity index (χ4v) is 9.68. The third-order valence-electron chi connectivity index (χ3n) is 10.3. The van der Waals surface area contributed by atoms with E-state index < -0.39 is 10.0 Å². The van der Waals surface area contributed by atoms with E-state index in [1.54, 1.807) is 11.4 Å². The van der Waals surface area contributed by atoms with E-state index in [1.165, 1.54) is 0 Å². The van der Waals surface area contributed by atoms with Crippen LogP contribution in [0.15, 0.2) is 0 Å². The molecule has 0 aromatic carbocycles. The average Bonchev–Trinajstić information content (AvgIpc) is 3.37. The number of amides is 3. The van der Waals surface area contributed by atoms with Gasteiger partial charge in [-0.3, -0.25) is 10.2 Å². The van der Waals surface area contributed by atoms with Gasteiger partial charge in [-0.2, -0.15) is 0 Å². The molecule has 38 heavy (non-hydrogen) atoms. The highest BCUT2D eigenvalue weighted by Gasteiger charge is 2.46. The van der Waals surface area contributed by atoms with E-state index >= 15 is 0 Å². The zero-order valence-electron chi connectivity index (χ0n) is 23.2. The Bertz CT molecular complexity index is 939. The quantitative estimate of drug-likeness (QED) is 0.479. The normalized spacial score (nSPS) is 34.6. The van der Waals surface area contributed by atoms with Gasteiger partial charge in [0.25, 0.3) is 0 Å². The number of urea groups is 1. The van der Waals surface area contributed by atoms with Gasteiger partial charge in [-0.05, 0) is 82.0 Å². The largest absolute Gasteiger partial charge is 0.342 e. The fraction of sp³-hybridized carbons (Fsp3) is 0.926. The number of hydrogen-bond donors (Lipinski definition) is 3. The SMILES string of the molecule is CNC(=O)NC1CCC(S(=O)(=O)N2CCC(C3CCN4NCC(C(=O)N5CCC(C)CC5)C4C3)CC2)CC1. The van der Waals surface area contributed by atoms with Crippen molar-refractivity contribution in [2.75, 3.05) is 46.3 Å². The Morgan fingerprint density at radius 3 is 2.16 bits per heavy atom. The molecule has 0 radical (unpaired) electrons. The van der Waals surface area contributed by atoms with E-state index in [2.05, 4.69) is 32.9 Å². The Kier molecular flexibility index (Phi) is 8.86. The van der Waals surface area contributed by atoms with Gasteiger partial charge >= 0.3 is 6.03 Å². The number of nitrogens with one attached hydrogen (secondary N) is 3. The molecule has 3 unspecified atom stereocenters. The summed E-state index contributed by atoms with van der Waals surface area (Å²) in [7, 11) is -1.72. The van der Waals surface area contributed by atoms with Gasteiger partial charge in [-0.25, -0.2) is 22.5 Å². The van der Waals surface area contributed by atoms with Crippen molar-refractivity contribution in [2.45, 2.75) is 88.5 Å². The molecule has 216 valence electrons. The van der Waals surface area contributed by atoms with Gasteiger partial charge in [0.05, 0.1) is 11.2 Å². The Morgan fingerprint density at radius 2 is 1.50 bits per heavy atom. The minimum absolute atomic E-state index is 0.0414. The molecule has 10 nitrogen and oxygen atoms in total. The second-order valence-electron chi connectivity index (χ2n) is 12.5. The van der Waals surface area contributed by atoms with Crippen LogP contribution in [0.4, 0.5) is 4.79 Å². The number of piperidine rings is 3. The van der Waals surface area contributed by atoms with Crippen LogP contribution < -0.4 is 16.1 Å². The molecule has 4 saturated heterocycles. The van der Waals surface area contributed by atoms with Crippen LogP contribution in [-0.4, -0.2) is 98.2 Å². The smallest absolute Gasteiger partial charge is 0.314 e. The molecule has 0 spiro atoms.